The van der Waals surface area contributed by atoms with Crippen LogP contribution in [0.1, 0.15) is 50.7 Å². The van der Waals surface area contributed by atoms with Crippen molar-refractivity contribution in [3.05, 3.63) is 33.3 Å². The standard InChI is InChI=1S/C15H20BrClO/c1-2-10-5-3-4-6-12(10)15(18)13-8-7-11(16)9-14(13)17/h7-10,12,15,18H,2-6H2,1H3. The third-order valence-electron chi connectivity index (χ3n) is 4.18. The molecule has 0 saturated heterocycles. The van der Waals surface area contributed by atoms with Crippen molar-refractivity contribution >= 4 is 27.5 Å². The van der Waals surface area contributed by atoms with E-state index in [-0.39, 0.29) is 0 Å². The van der Waals surface area contributed by atoms with Gasteiger partial charge in [-0.15, -0.1) is 0 Å². The van der Waals surface area contributed by atoms with Crippen molar-refractivity contribution in [3.63, 3.8) is 0 Å². The maximum Gasteiger partial charge on any atom is 0.0835 e. The number of aliphatic hydroxyl groups excluding tert-OH is 1. The van der Waals surface area contributed by atoms with E-state index in [1.54, 1.807) is 0 Å². The van der Waals surface area contributed by atoms with Crippen molar-refractivity contribution < 1.29 is 5.11 Å². The summed E-state index contributed by atoms with van der Waals surface area (Å²) in [5.74, 6) is 0.996. The van der Waals surface area contributed by atoms with E-state index in [2.05, 4.69) is 22.9 Å². The third kappa shape index (κ3) is 3.09. The summed E-state index contributed by atoms with van der Waals surface area (Å²) in [6.45, 7) is 2.22. The van der Waals surface area contributed by atoms with E-state index in [4.69, 9.17) is 11.6 Å². The fourth-order valence-corrected chi connectivity index (χ4v) is 3.92. The summed E-state index contributed by atoms with van der Waals surface area (Å²) in [5, 5.41) is 11.3. The summed E-state index contributed by atoms with van der Waals surface area (Å²) in [6, 6.07) is 5.76. The first kappa shape index (κ1) is 14.4. The zero-order valence-corrected chi connectivity index (χ0v) is 13.0. The second-order valence-corrected chi connectivity index (χ2v) is 6.55. The first-order chi connectivity index (χ1) is 8.63. The molecule has 0 radical (unpaired) electrons. The highest BCUT2D eigenvalue weighted by Crippen LogP contribution is 2.42. The maximum absolute atomic E-state index is 10.6. The summed E-state index contributed by atoms with van der Waals surface area (Å²) in [4.78, 5) is 0. The summed E-state index contributed by atoms with van der Waals surface area (Å²) < 4.78 is 0.958. The molecule has 100 valence electrons. The molecular weight excluding hydrogens is 312 g/mol. The second kappa shape index (κ2) is 6.40. The topological polar surface area (TPSA) is 20.2 Å². The van der Waals surface area contributed by atoms with Crippen LogP contribution in [-0.4, -0.2) is 5.11 Å². The van der Waals surface area contributed by atoms with Gasteiger partial charge in [-0.1, -0.05) is 66.2 Å². The van der Waals surface area contributed by atoms with Crippen LogP contribution in [0.2, 0.25) is 5.02 Å². The lowest BCUT2D eigenvalue weighted by atomic mass is 9.73. The number of hydrogen-bond acceptors (Lipinski definition) is 1. The van der Waals surface area contributed by atoms with Crippen molar-refractivity contribution in [2.75, 3.05) is 0 Å². The molecule has 1 fully saturated rings. The fraction of sp³-hybridized carbons (Fsp3) is 0.600. The van der Waals surface area contributed by atoms with Gasteiger partial charge in [0.2, 0.25) is 0 Å². The highest BCUT2D eigenvalue weighted by atomic mass is 79.9. The van der Waals surface area contributed by atoms with Crippen LogP contribution in [0.5, 0.6) is 0 Å². The predicted molar refractivity (Wildman–Crippen MR) is 79.9 cm³/mol. The quantitative estimate of drug-likeness (QED) is 0.791. The van der Waals surface area contributed by atoms with Gasteiger partial charge < -0.3 is 5.11 Å². The molecule has 18 heavy (non-hydrogen) atoms. The molecule has 0 heterocycles. The van der Waals surface area contributed by atoms with Gasteiger partial charge in [0.15, 0.2) is 0 Å². The van der Waals surface area contributed by atoms with Gasteiger partial charge in [0.05, 0.1) is 6.10 Å². The summed E-state index contributed by atoms with van der Waals surface area (Å²) in [5.41, 5.74) is 0.880. The molecule has 1 aromatic carbocycles. The third-order valence-corrected chi connectivity index (χ3v) is 5.00. The summed E-state index contributed by atoms with van der Waals surface area (Å²) >= 11 is 9.65. The zero-order valence-electron chi connectivity index (χ0n) is 10.7. The Morgan fingerprint density at radius 3 is 2.78 bits per heavy atom. The number of rotatable bonds is 3. The molecule has 0 spiro atoms. The van der Waals surface area contributed by atoms with Crippen LogP contribution in [0.3, 0.4) is 0 Å². The zero-order chi connectivity index (χ0) is 13.1. The van der Waals surface area contributed by atoms with Gasteiger partial charge in [-0.2, -0.15) is 0 Å². The minimum Gasteiger partial charge on any atom is -0.388 e. The van der Waals surface area contributed by atoms with E-state index in [9.17, 15) is 5.11 Å². The molecule has 3 atom stereocenters. The smallest absolute Gasteiger partial charge is 0.0835 e. The minimum atomic E-state index is -0.421. The van der Waals surface area contributed by atoms with Crippen molar-refractivity contribution in [1.29, 1.82) is 0 Å². The van der Waals surface area contributed by atoms with Crippen molar-refractivity contribution in [2.24, 2.45) is 11.8 Å². The van der Waals surface area contributed by atoms with Crippen LogP contribution in [0.15, 0.2) is 22.7 Å². The maximum atomic E-state index is 10.6. The molecule has 1 nitrogen and oxygen atoms in total. The Morgan fingerprint density at radius 1 is 1.39 bits per heavy atom. The molecular formula is C15H20BrClO. The highest BCUT2D eigenvalue weighted by molar-refractivity contribution is 9.10. The van der Waals surface area contributed by atoms with Crippen LogP contribution >= 0.6 is 27.5 Å². The molecule has 2 rings (SSSR count). The molecule has 3 unspecified atom stereocenters. The first-order valence-electron chi connectivity index (χ1n) is 6.76. The van der Waals surface area contributed by atoms with Crippen molar-refractivity contribution in [3.8, 4) is 0 Å². The lowest BCUT2D eigenvalue weighted by Gasteiger charge is -2.34. The summed E-state index contributed by atoms with van der Waals surface area (Å²) in [7, 11) is 0. The Morgan fingerprint density at radius 2 is 2.11 bits per heavy atom. The largest absolute Gasteiger partial charge is 0.388 e. The molecule has 0 bridgehead atoms. The van der Waals surface area contributed by atoms with Crippen LogP contribution < -0.4 is 0 Å². The van der Waals surface area contributed by atoms with Crippen LogP contribution in [-0.2, 0) is 0 Å². The van der Waals surface area contributed by atoms with Gasteiger partial charge in [0.25, 0.3) is 0 Å². The molecule has 1 N–H and O–H groups in total. The van der Waals surface area contributed by atoms with E-state index >= 15 is 0 Å². The lowest BCUT2D eigenvalue weighted by Crippen LogP contribution is -2.25. The normalized spacial score (nSPS) is 26.0. The second-order valence-electron chi connectivity index (χ2n) is 5.23. The number of aliphatic hydroxyl groups is 1. The number of hydrogen-bond donors (Lipinski definition) is 1. The van der Waals surface area contributed by atoms with E-state index in [1.807, 2.05) is 18.2 Å². The lowest BCUT2D eigenvalue weighted by molar-refractivity contribution is 0.0452. The van der Waals surface area contributed by atoms with Crippen LogP contribution in [0, 0.1) is 11.8 Å². The number of benzene rings is 1. The molecule has 1 aliphatic rings. The Kier molecular flexibility index (Phi) is 5.11. The van der Waals surface area contributed by atoms with Gasteiger partial charge in [-0.3, -0.25) is 0 Å². The van der Waals surface area contributed by atoms with Crippen LogP contribution in [0.25, 0.3) is 0 Å². The highest BCUT2D eigenvalue weighted by Gasteiger charge is 2.31. The van der Waals surface area contributed by atoms with Crippen molar-refractivity contribution in [2.45, 2.75) is 45.1 Å². The molecule has 1 aliphatic carbocycles. The average Bonchev–Trinajstić information content (AvgIpc) is 2.38. The Hall–Kier alpha value is -0.0500. The summed E-state index contributed by atoms with van der Waals surface area (Å²) in [6.07, 6.45) is 5.62. The van der Waals surface area contributed by atoms with E-state index in [0.29, 0.717) is 16.9 Å². The van der Waals surface area contributed by atoms with Gasteiger partial charge in [0, 0.05) is 9.50 Å². The van der Waals surface area contributed by atoms with Gasteiger partial charge in [-0.05, 0) is 36.0 Å². The van der Waals surface area contributed by atoms with Crippen LogP contribution in [0.4, 0.5) is 0 Å². The molecule has 0 amide bonds. The van der Waals surface area contributed by atoms with Gasteiger partial charge in [-0.25, -0.2) is 0 Å². The van der Waals surface area contributed by atoms with Gasteiger partial charge >= 0.3 is 0 Å². The monoisotopic (exact) mass is 330 g/mol. The predicted octanol–water partition coefficient (Wildman–Crippen LogP) is 5.35. The van der Waals surface area contributed by atoms with Crippen molar-refractivity contribution in [1.82, 2.24) is 0 Å². The molecule has 3 heteroatoms. The van der Waals surface area contributed by atoms with Gasteiger partial charge in [0.1, 0.15) is 0 Å². The average molecular weight is 332 g/mol. The molecule has 0 aliphatic heterocycles. The molecule has 1 aromatic rings. The molecule has 0 aromatic heterocycles. The Balaban J connectivity index is 2.20. The van der Waals surface area contributed by atoms with E-state index in [1.165, 1.54) is 19.3 Å². The Bertz CT molecular complexity index is 407. The SMILES string of the molecule is CCC1CCCCC1C(O)c1ccc(Br)cc1Cl. The minimum absolute atomic E-state index is 0.363. The van der Waals surface area contributed by atoms with E-state index < -0.39 is 6.10 Å². The van der Waals surface area contributed by atoms with E-state index in [0.717, 1.165) is 22.9 Å². The Labute approximate surface area is 123 Å². The first-order valence-corrected chi connectivity index (χ1v) is 7.93. The fourth-order valence-electron chi connectivity index (χ4n) is 3.13. The number of halogens is 2. The molecule has 1 saturated carbocycles.